The van der Waals surface area contributed by atoms with Crippen LogP contribution in [-0.2, 0) is 4.79 Å². The zero-order valence-corrected chi connectivity index (χ0v) is 15.7. The molecule has 1 N–H and O–H groups in total. The first kappa shape index (κ1) is 17.4. The second kappa shape index (κ2) is 6.93. The van der Waals surface area contributed by atoms with Crippen molar-refractivity contribution in [1.82, 2.24) is 10.2 Å². The Kier molecular flexibility index (Phi) is 4.63. The van der Waals surface area contributed by atoms with Crippen LogP contribution in [0.2, 0.25) is 0 Å². The number of benzene rings is 1. The lowest BCUT2D eigenvalue weighted by atomic mass is 9.86. The first-order valence-corrected chi connectivity index (χ1v) is 9.97. The highest BCUT2D eigenvalue weighted by atomic mass is 16.2. The Morgan fingerprint density at radius 1 is 1.19 bits per heavy atom. The molecule has 1 saturated carbocycles. The average Bonchev–Trinajstić information content (AvgIpc) is 3.19. The molecule has 1 spiro atoms. The molecule has 2 saturated heterocycles. The van der Waals surface area contributed by atoms with Gasteiger partial charge in [-0.05, 0) is 43.9 Å². The number of anilines is 1. The molecule has 3 aliphatic rings. The van der Waals surface area contributed by atoms with E-state index >= 15 is 0 Å². The van der Waals surface area contributed by atoms with Crippen LogP contribution in [0.25, 0.3) is 0 Å². The number of urea groups is 1. The number of amides is 3. The van der Waals surface area contributed by atoms with Crippen molar-refractivity contribution < 1.29 is 9.59 Å². The van der Waals surface area contributed by atoms with Crippen molar-refractivity contribution in [2.24, 2.45) is 5.41 Å². The Bertz CT molecular complexity index is 698. The lowest BCUT2D eigenvalue weighted by Gasteiger charge is -2.27. The second-order valence-corrected chi connectivity index (χ2v) is 8.45. The number of rotatable bonds is 2. The molecule has 1 atom stereocenters. The lowest BCUT2D eigenvalue weighted by Crippen LogP contribution is -2.45. The van der Waals surface area contributed by atoms with Gasteiger partial charge in [0.2, 0.25) is 5.91 Å². The summed E-state index contributed by atoms with van der Waals surface area (Å²) in [4.78, 5) is 29.1. The number of nitrogens with one attached hydrogen (secondary N) is 1. The predicted octanol–water partition coefficient (Wildman–Crippen LogP) is 3.47. The molecule has 0 unspecified atom stereocenters. The summed E-state index contributed by atoms with van der Waals surface area (Å²) < 4.78 is 0. The first-order chi connectivity index (χ1) is 12.5. The lowest BCUT2D eigenvalue weighted by molar-refractivity contribution is -0.117. The largest absolute Gasteiger partial charge is 0.335 e. The summed E-state index contributed by atoms with van der Waals surface area (Å²) in [5.41, 5.74) is 2.07. The minimum Gasteiger partial charge on any atom is -0.335 e. The fraction of sp³-hybridized carbons (Fsp3) is 0.619. The quantitative estimate of drug-likeness (QED) is 0.883. The predicted molar refractivity (Wildman–Crippen MR) is 102 cm³/mol. The Labute approximate surface area is 155 Å². The summed E-state index contributed by atoms with van der Waals surface area (Å²) in [6.45, 7) is 4.22. The molecule has 1 aromatic carbocycles. The number of hydrogen-bond acceptors (Lipinski definition) is 2. The van der Waals surface area contributed by atoms with E-state index in [-0.39, 0.29) is 17.4 Å². The number of carbonyl (C=O) groups is 2. The molecule has 2 aliphatic heterocycles. The van der Waals surface area contributed by atoms with Crippen molar-refractivity contribution in [3.05, 3.63) is 29.8 Å². The van der Waals surface area contributed by atoms with Crippen LogP contribution >= 0.6 is 0 Å². The van der Waals surface area contributed by atoms with Gasteiger partial charge in [-0.15, -0.1) is 0 Å². The maximum Gasteiger partial charge on any atom is 0.317 e. The molecule has 0 aromatic heterocycles. The third-order valence-corrected chi connectivity index (χ3v) is 6.29. The van der Waals surface area contributed by atoms with Crippen LogP contribution in [0.5, 0.6) is 0 Å². The number of carbonyl (C=O) groups excluding carboxylic acids is 2. The van der Waals surface area contributed by atoms with Crippen molar-refractivity contribution in [2.45, 2.75) is 57.9 Å². The molecule has 0 radical (unpaired) electrons. The van der Waals surface area contributed by atoms with Crippen LogP contribution in [0, 0.1) is 12.3 Å². The van der Waals surface area contributed by atoms with Crippen LogP contribution in [0.1, 0.15) is 50.5 Å². The zero-order valence-electron chi connectivity index (χ0n) is 15.7. The fourth-order valence-corrected chi connectivity index (χ4v) is 4.82. The van der Waals surface area contributed by atoms with Crippen LogP contribution in [0.3, 0.4) is 0 Å². The van der Waals surface area contributed by atoms with E-state index < -0.39 is 0 Å². The minimum atomic E-state index is -0.0786. The molecule has 2 heterocycles. The molecule has 3 fully saturated rings. The number of aryl methyl sites for hydroxylation is 1. The fourth-order valence-electron chi connectivity index (χ4n) is 4.82. The van der Waals surface area contributed by atoms with Crippen LogP contribution < -0.4 is 10.2 Å². The Hall–Kier alpha value is -2.04. The number of likely N-dealkylation sites (tertiary alicyclic amines) is 1. The molecule has 0 bridgehead atoms. The van der Waals surface area contributed by atoms with Crippen molar-refractivity contribution in [1.29, 1.82) is 0 Å². The maximum absolute atomic E-state index is 12.6. The van der Waals surface area contributed by atoms with Crippen LogP contribution in [0.15, 0.2) is 24.3 Å². The molecule has 3 amide bonds. The number of hydrogen-bond donors (Lipinski definition) is 1. The summed E-state index contributed by atoms with van der Waals surface area (Å²) in [6.07, 6.45) is 7.39. The summed E-state index contributed by atoms with van der Waals surface area (Å²) in [5, 5.41) is 3.22. The third kappa shape index (κ3) is 3.44. The summed E-state index contributed by atoms with van der Waals surface area (Å²) in [7, 11) is 0. The molecule has 5 nitrogen and oxygen atoms in total. The normalized spacial score (nSPS) is 26.7. The van der Waals surface area contributed by atoms with Gasteiger partial charge in [-0.25, -0.2) is 4.79 Å². The summed E-state index contributed by atoms with van der Waals surface area (Å²) in [6, 6.07) is 8.53. The number of nitrogens with zero attached hydrogens (tertiary/aromatic N) is 2. The van der Waals surface area contributed by atoms with Gasteiger partial charge in [0.05, 0.1) is 0 Å². The van der Waals surface area contributed by atoms with Gasteiger partial charge in [0, 0.05) is 43.2 Å². The van der Waals surface area contributed by atoms with Gasteiger partial charge in [0.1, 0.15) is 0 Å². The second-order valence-electron chi connectivity index (χ2n) is 8.45. The monoisotopic (exact) mass is 355 g/mol. The van der Waals surface area contributed by atoms with Crippen molar-refractivity contribution >= 4 is 17.6 Å². The molecule has 26 heavy (non-hydrogen) atoms. The molecule has 4 rings (SSSR count). The van der Waals surface area contributed by atoms with Gasteiger partial charge < -0.3 is 15.1 Å². The van der Waals surface area contributed by atoms with Gasteiger partial charge >= 0.3 is 6.03 Å². The van der Waals surface area contributed by atoms with Crippen molar-refractivity contribution in [3.8, 4) is 0 Å². The highest BCUT2D eigenvalue weighted by molar-refractivity contribution is 5.96. The van der Waals surface area contributed by atoms with E-state index in [9.17, 15) is 9.59 Å². The topological polar surface area (TPSA) is 52.6 Å². The standard InChI is InChI=1S/C21H29N3O2/c1-16-6-5-9-18(12-16)24-15-21(13-19(24)25)10-11-23(14-21)20(26)22-17-7-3-2-4-8-17/h5-6,9,12,17H,2-4,7-8,10-11,13-15H2,1H3,(H,22,26)/t21-/m1/s1. The highest BCUT2D eigenvalue weighted by Crippen LogP contribution is 2.42. The Morgan fingerprint density at radius 2 is 2.00 bits per heavy atom. The van der Waals surface area contributed by atoms with E-state index in [1.54, 1.807) is 0 Å². The van der Waals surface area contributed by atoms with Gasteiger partial charge in [-0.2, -0.15) is 0 Å². The Balaban J connectivity index is 1.39. The molecule has 140 valence electrons. The van der Waals surface area contributed by atoms with E-state index in [1.807, 2.05) is 34.9 Å². The van der Waals surface area contributed by atoms with E-state index in [0.717, 1.165) is 43.6 Å². The maximum atomic E-state index is 12.6. The van der Waals surface area contributed by atoms with E-state index in [4.69, 9.17) is 0 Å². The van der Waals surface area contributed by atoms with Gasteiger partial charge in [0.15, 0.2) is 0 Å². The Morgan fingerprint density at radius 3 is 2.77 bits per heavy atom. The van der Waals surface area contributed by atoms with Crippen molar-refractivity contribution in [3.63, 3.8) is 0 Å². The first-order valence-electron chi connectivity index (χ1n) is 9.97. The van der Waals surface area contributed by atoms with Gasteiger partial charge in [-0.3, -0.25) is 4.79 Å². The SMILES string of the molecule is Cc1cccc(N2C[C@]3(CCN(C(=O)NC4CCCCC4)C3)CC2=O)c1. The smallest absolute Gasteiger partial charge is 0.317 e. The molecule has 1 aromatic rings. The van der Waals surface area contributed by atoms with E-state index in [1.165, 1.54) is 19.3 Å². The van der Waals surface area contributed by atoms with E-state index in [0.29, 0.717) is 19.0 Å². The van der Waals surface area contributed by atoms with Gasteiger partial charge in [-0.1, -0.05) is 31.4 Å². The van der Waals surface area contributed by atoms with Crippen molar-refractivity contribution in [2.75, 3.05) is 24.5 Å². The molecule has 1 aliphatic carbocycles. The summed E-state index contributed by atoms with van der Waals surface area (Å²) in [5.74, 6) is 0.185. The third-order valence-electron chi connectivity index (χ3n) is 6.29. The zero-order chi connectivity index (χ0) is 18.1. The van der Waals surface area contributed by atoms with Crippen LogP contribution in [0.4, 0.5) is 10.5 Å². The summed E-state index contributed by atoms with van der Waals surface area (Å²) >= 11 is 0. The average molecular weight is 355 g/mol. The van der Waals surface area contributed by atoms with Gasteiger partial charge in [0.25, 0.3) is 0 Å². The molecular formula is C21H29N3O2. The van der Waals surface area contributed by atoms with Crippen LogP contribution in [-0.4, -0.2) is 42.5 Å². The minimum absolute atomic E-state index is 0.0650. The molecule has 5 heteroatoms. The molecular weight excluding hydrogens is 326 g/mol. The van der Waals surface area contributed by atoms with E-state index in [2.05, 4.69) is 11.4 Å². The highest BCUT2D eigenvalue weighted by Gasteiger charge is 2.48.